The number of nitrogens with zero attached hydrogens (tertiary/aromatic N) is 3. The summed E-state index contributed by atoms with van der Waals surface area (Å²) in [5.41, 5.74) is 4.99. The quantitative estimate of drug-likeness (QED) is 0.343. The Hall–Kier alpha value is -2.52. The number of hydrogen-bond donors (Lipinski definition) is 2. The maximum Gasteiger partial charge on any atom is 0.250 e. The smallest absolute Gasteiger partial charge is 0.250 e. The Kier molecular flexibility index (Phi) is 6.02. The number of methoxy groups -OCH3 is 1. The molecular formula is C18H17BrN4O3S. The first-order valence-electron chi connectivity index (χ1n) is 7.93. The van der Waals surface area contributed by atoms with Crippen LogP contribution in [-0.4, -0.2) is 39.6 Å². The monoisotopic (exact) mass is 448 g/mol. The third-order valence-corrected chi connectivity index (χ3v) is 5.66. The summed E-state index contributed by atoms with van der Waals surface area (Å²) in [6, 6.07) is 11.1. The number of imidazole rings is 1. The van der Waals surface area contributed by atoms with E-state index >= 15 is 0 Å². The van der Waals surface area contributed by atoms with Gasteiger partial charge >= 0.3 is 0 Å². The van der Waals surface area contributed by atoms with Crippen molar-refractivity contribution in [1.82, 2.24) is 15.0 Å². The summed E-state index contributed by atoms with van der Waals surface area (Å²) in [4.78, 5) is 16.5. The molecule has 0 aliphatic carbocycles. The second-order valence-electron chi connectivity index (χ2n) is 5.54. The highest BCUT2D eigenvalue weighted by atomic mass is 79.9. The average Bonchev–Trinajstić information content (AvgIpc) is 3.00. The van der Waals surface area contributed by atoms with Crippen LogP contribution in [-0.2, 0) is 11.8 Å². The number of ether oxygens (including phenoxy) is 1. The lowest BCUT2D eigenvalue weighted by Gasteiger charge is -2.06. The Morgan fingerprint density at radius 1 is 1.41 bits per heavy atom. The lowest BCUT2D eigenvalue weighted by molar-refractivity contribution is -0.118. The van der Waals surface area contributed by atoms with E-state index in [1.54, 1.807) is 12.1 Å². The van der Waals surface area contributed by atoms with E-state index in [1.807, 2.05) is 35.9 Å². The molecule has 0 aliphatic rings. The van der Waals surface area contributed by atoms with Crippen molar-refractivity contribution in [3.63, 3.8) is 0 Å². The number of carbonyl (C=O) groups is 1. The highest BCUT2D eigenvalue weighted by Crippen LogP contribution is 2.35. The van der Waals surface area contributed by atoms with E-state index in [-0.39, 0.29) is 17.4 Å². The molecule has 0 fully saturated rings. The molecule has 3 rings (SSSR count). The Morgan fingerprint density at radius 3 is 2.93 bits per heavy atom. The minimum atomic E-state index is -0.253. The molecule has 3 aromatic rings. The summed E-state index contributed by atoms with van der Waals surface area (Å²) in [6.45, 7) is 0. The van der Waals surface area contributed by atoms with Crippen LogP contribution in [0.25, 0.3) is 11.0 Å². The first-order chi connectivity index (χ1) is 13.0. The minimum absolute atomic E-state index is 0.0230. The molecule has 1 amide bonds. The highest BCUT2D eigenvalue weighted by Gasteiger charge is 2.11. The first-order valence-corrected chi connectivity index (χ1v) is 9.70. The Balaban J connectivity index is 1.59. The van der Waals surface area contributed by atoms with Crippen molar-refractivity contribution in [3.05, 3.63) is 46.4 Å². The number of aromatic hydroxyl groups is 1. The number of phenolic OH excluding ortho intramolecular Hbond substituents is 1. The molecule has 2 N–H and O–H groups in total. The molecule has 0 spiro atoms. The van der Waals surface area contributed by atoms with Gasteiger partial charge in [0.2, 0.25) is 0 Å². The Bertz CT molecular complexity index is 1020. The number of thioether (sulfide) groups is 1. The molecule has 0 saturated heterocycles. The van der Waals surface area contributed by atoms with Gasteiger partial charge in [0.15, 0.2) is 16.7 Å². The van der Waals surface area contributed by atoms with Gasteiger partial charge in [0.05, 0.1) is 34.6 Å². The molecule has 0 radical (unpaired) electrons. The molecule has 0 bridgehead atoms. The standard InChI is InChI=1S/C18H17BrN4O3S/c1-23-13-6-4-3-5-12(13)21-18(23)27-10-15(24)22-20-9-11-7-8-14(26-2)17(25)16(11)19/h3-9,25H,10H2,1-2H3,(H,22,24)/b20-9-. The fourth-order valence-corrected chi connectivity index (χ4v) is 3.63. The predicted octanol–water partition coefficient (Wildman–Crippen LogP) is 3.29. The maximum atomic E-state index is 12.0. The van der Waals surface area contributed by atoms with Crippen LogP contribution >= 0.6 is 27.7 Å². The molecule has 9 heteroatoms. The van der Waals surface area contributed by atoms with Gasteiger partial charge in [0, 0.05) is 12.6 Å². The maximum absolute atomic E-state index is 12.0. The Labute approximate surface area is 168 Å². The van der Waals surface area contributed by atoms with Crippen LogP contribution in [0.15, 0.2) is 51.1 Å². The zero-order chi connectivity index (χ0) is 19.4. The van der Waals surface area contributed by atoms with E-state index in [4.69, 9.17) is 4.74 Å². The lowest BCUT2D eigenvalue weighted by atomic mass is 10.2. The average molecular weight is 449 g/mol. The van der Waals surface area contributed by atoms with Crippen molar-refractivity contribution in [1.29, 1.82) is 0 Å². The molecule has 140 valence electrons. The van der Waals surface area contributed by atoms with Crippen molar-refractivity contribution in [2.24, 2.45) is 12.1 Å². The molecule has 7 nitrogen and oxygen atoms in total. The third kappa shape index (κ3) is 4.25. The van der Waals surface area contributed by atoms with E-state index in [0.717, 1.165) is 16.2 Å². The number of hydrazone groups is 1. The number of amides is 1. The summed E-state index contributed by atoms with van der Waals surface area (Å²) in [5.74, 6) is 0.257. The normalized spacial score (nSPS) is 11.2. The van der Waals surface area contributed by atoms with Crippen molar-refractivity contribution in [2.45, 2.75) is 5.16 Å². The fourth-order valence-electron chi connectivity index (χ4n) is 2.42. The van der Waals surface area contributed by atoms with E-state index < -0.39 is 0 Å². The zero-order valence-corrected chi connectivity index (χ0v) is 17.0. The molecular weight excluding hydrogens is 432 g/mol. The molecule has 1 heterocycles. The molecule has 1 aromatic heterocycles. The number of hydrogen-bond acceptors (Lipinski definition) is 6. The van der Waals surface area contributed by atoms with E-state index in [2.05, 4.69) is 31.4 Å². The van der Waals surface area contributed by atoms with Gasteiger partial charge in [-0.25, -0.2) is 10.4 Å². The van der Waals surface area contributed by atoms with Crippen molar-refractivity contribution in [2.75, 3.05) is 12.9 Å². The fraction of sp³-hybridized carbons (Fsp3) is 0.167. The van der Waals surface area contributed by atoms with E-state index in [9.17, 15) is 9.90 Å². The number of benzene rings is 2. The highest BCUT2D eigenvalue weighted by molar-refractivity contribution is 9.10. The molecule has 0 aliphatic heterocycles. The summed E-state index contributed by atoms with van der Waals surface area (Å²) in [5, 5.41) is 14.6. The number of para-hydroxylation sites is 2. The van der Waals surface area contributed by atoms with Crippen molar-refractivity contribution < 1.29 is 14.6 Å². The summed E-state index contributed by atoms with van der Waals surface area (Å²) in [7, 11) is 3.39. The number of rotatable bonds is 6. The van der Waals surface area contributed by atoms with Gasteiger partial charge in [0.1, 0.15) is 0 Å². The number of carbonyl (C=O) groups excluding carboxylic acids is 1. The second kappa shape index (κ2) is 8.45. The number of fused-ring (bicyclic) bond motifs is 1. The van der Waals surface area contributed by atoms with Gasteiger partial charge in [0.25, 0.3) is 5.91 Å². The van der Waals surface area contributed by atoms with Crippen LogP contribution in [0.5, 0.6) is 11.5 Å². The van der Waals surface area contributed by atoms with Crippen LogP contribution in [0.4, 0.5) is 0 Å². The molecule has 2 aromatic carbocycles. The first kappa shape index (κ1) is 19.2. The SMILES string of the molecule is COc1ccc(/C=N\NC(=O)CSc2nc3ccccc3n2C)c(Br)c1O. The minimum Gasteiger partial charge on any atom is -0.503 e. The largest absolute Gasteiger partial charge is 0.503 e. The van der Waals surface area contributed by atoms with Crippen LogP contribution in [0.3, 0.4) is 0 Å². The van der Waals surface area contributed by atoms with Crippen LogP contribution in [0.1, 0.15) is 5.56 Å². The van der Waals surface area contributed by atoms with Crippen molar-refractivity contribution in [3.8, 4) is 11.5 Å². The molecule has 27 heavy (non-hydrogen) atoms. The number of aromatic nitrogens is 2. The second-order valence-corrected chi connectivity index (χ2v) is 7.28. The van der Waals surface area contributed by atoms with Gasteiger partial charge in [-0.3, -0.25) is 4.79 Å². The lowest BCUT2D eigenvalue weighted by Crippen LogP contribution is -2.19. The molecule has 0 unspecified atom stereocenters. The van der Waals surface area contributed by atoms with Gasteiger partial charge in [-0.1, -0.05) is 23.9 Å². The van der Waals surface area contributed by atoms with Gasteiger partial charge in [-0.15, -0.1) is 0 Å². The number of phenols is 1. The topological polar surface area (TPSA) is 88.7 Å². The molecule has 0 atom stereocenters. The molecule has 0 saturated carbocycles. The number of halogens is 1. The number of aryl methyl sites for hydroxylation is 1. The van der Waals surface area contributed by atoms with Crippen molar-refractivity contribution >= 4 is 50.8 Å². The number of nitrogens with one attached hydrogen (secondary N) is 1. The van der Waals surface area contributed by atoms with Gasteiger partial charge < -0.3 is 14.4 Å². The van der Waals surface area contributed by atoms with Crippen LogP contribution in [0.2, 0.25) is 0 Å². The zero-order valence-electron chi connectivity index (χ0n) is 14.6. The summed E-state index contributed by atoms with van der Waals surface area (Å²) in [6.07, 6.45) is 1.45. The summed E-state index contributed by atoms with van der Waals surface area (Å²) >= 11 is 4.61. The van der Waals surface area contributed by atoms with Crippen LogP contribution in [0, 0.1) is 0 Å². The van der Waals surface area contributed by atoms with Gasteiger partial charge in [-0.05, 0) is 40.2 Å². The summed E-state index contributed by atoms with van der Waals surface area (Å²) < 4.78 is 7.41. The third-order valence-electron chi connectivity index (χ3n) is 3.80. The van der Waals surface area contributed by atoms with E-state index in [1.165, 1.54) is 25.1 Å². The Morgan fingerprint density at radius 2 is 2.19 bits per heavy atom. The van der Waals surface area contributed by atoms with Gasteiger partial charge in [-0.2, -0.15) is 5.10 Å². The van der Waals surface area contributed by atoms with E-state index in [0.29, 0.717) is 15.8 Å². The van der Waals surface area contributed by atoms with Crippen LogP contribution < -0.4 is 10.2 Å². The predicted molar refractivity (Wildman–Crippen MR) is 110 cm³/mol.